The number of carboxylic acids is 1. The van der Waals surface area contributed by atoms with E-state index in [4.69, 9.17) is 10.2 Å². The van der Waals surface area contributed by atoms with E-state index in [1.54, 1.807) is 12.4 Å². The molecule has 0 aromatic carbocycles. The van der Waals surface area contributed by atoms with Crippen LogP contribution in [-0.2, 0) is 17.8 Å². The number of carboxylic acid groups (broad SMARTS) is 1. The monoisotopic (exact) mass is 220 g/mol. The van der Waals surface area contributed by atoms with Crippen LogP contribution in [0, 0.1) is 0 Å². The van der Waals surface area contributed by atoms with Gasteiger partial charge in [-0.05, 0) is 18.4 Å². The fourth-order valence-corrected chi connectivity index (χ4v) is 1.04. The van der Waals surface area contributed by atoms with Gasteiger partial charge in [0.1, 0.15) is 6.54 Å². The molecule has 1 rings (SSSR count). The normalized spacial score (nSPS) is 9.50. The zero-order chi connectivity index (χ0) is 9.68. The van der Waals surface area contributed by atoms with Crippen molar-refractivity contribution in [3.05, 3.63) is 18.0 Å². The Labute approximate surface area is 87.8 Å². The van der Waals surface area contributed by atoms with E-state index in [-0.39, 0.29) is 25.6 Å². The SMILES string of the molecule is Cl.O=C(O)Cn1cc(CCCO)cn1. The summed E-state index contributed by atoms with van der Waals surface area (Å²) in [4.78, 5) is 10.3. The Morgan fingerprint density at radius 2 is 2.29 bits per heavy atom. The molecule has 5 nitrogen and oxygen atoms in total. The molecule has 14 heavy (non-hydrogen) atoms. The van der Waals surface area contributed by atoms with Crippen LogP contribution in [0.2, 0.25) is 0 Å². The number of carbonyl (C=O) groups is 1. The molecule has 1 aromatic rings. The summed E-state index contributed by atoms with van der Waals surface area (Å²) in [6, 6.07) is 0. The molecule has 0 amide bonds. The summed E-state index contributed by atoms with van der Waals surface area (Å²) in [6.07, 6.45) is 4.72. The van der Waals surface area contributed by atoms with Crippen molar-refractivity contribution in [1.29, 1.82) is 0 Å². The van der Waals surface area contributed by atoms with Crippen molar-refractivity contribution in [2.75, 3.05) is 6.61 Å². The van der Waals surface area contributed by atoms with Crippen molar-refractivity contribution in [2.45, 2.75) is 19.4 Å². The molecule has 0 aliphatic rings. The summed E-state index contributed by atoms with van der Waals surface area (Å²) in [6.45, 7) is 0.0310. The van der Waals surface area contributed by atoms with E-state index >= 15 is 0 Å². The summed E-state index contributed by atoms with van der Waals surface area (Å²) < 4.78 is 1.37. The van der Waals surface area contributed by atoms with Gasteiger partial charge in [0.05, 0.1) is 6.20 Å². The highest BCUT2D eigenvalue weighted by molar-refractivity contribution is 5.85. The average molecular weight is 221 g/mol. The molecule has 0 bridgehead atoms. The molecule has 80 valence electrons. The number of aliphatic hydroxyl groups is 1. The lowest BCUT2D eigenvalue weighted by molar-refractivity contribution is -0.137. The van der Waals surface area contributed by atoms with Crippen LogP contribution in [0.3, 0.4) is 0 Å². The van der Waals surface area contributed by atoms with E-state index in [1.165, 1.54) is 4.68 Å². The molecule has 0 fully saturated rings. The molecular formula is C8H13ClN2O3. The van der Waals surface area contributed by atoms with Crippen molar-refractivity contribution in [1.82, 2.24) is 9.78 Å². The summed E-state index contributed by atoms with van der Waals surface area (Å²) >= 11 is 0. The van der Waals surface area contributed by atoms with Gasteiger partial charge in [-0.2, -0.15) is 5.10 Å². The van der Waals surface area contributed by atoms with Crippen LogP contribution in [0.1, 0.15) is 12.0 Å². The number of aryl methyl sites for hydroxylation is 1. The van der Waals surface area contributed by atoms with Gasteiger partial charge in [-0.3, -0.25) is 9.48 Å². The number of hydrogen-bond acceptors (Lipinski definition) is 3. The van der Waals surface area contributed by atoms with Crippen LogP contribution in [0.25, 0.3) is 0 Å². The molecule has 6 heteroatoms. The first-order valence-corrected chi connectivity index (χ1v) is 4.06. The summed E-state index contributed by atoms with van der Waals surface area (Å²) in [5.41, 5.74) is 0.954. The molecule has 2 N–H and O–H groups in total. The number of aromatic nitrogens is 2. The van der Waals surface area contributed by atoms with Gasteiger partial charge < -0.3 is 10.2 Å². The standard InChI is InChI=1S/C8H12N2O3.ClH/c11-3-1-2-7-4-9-10(5-7)6-8(12)13;/h4-5,11H,1-3,6H2,(H,12,13);1H. The quantitative estimate of drug-likeness (QED) is 0.749. The second-order valence-electron chi connectivity index (χ2n) is 2.77. The molecule has 1 heterocycles. The highest BCUT2D eigenvalue weighted by Crippen LogP contribution is 2.01. The number of nitrogens with zero attached hydrogens (tertiary/aromatic N) is 2. The minimum atomic E-state index is -0.906. The van der Waals surface area contributed by atoms with Crippen molar-refractivity contribution in [3.63, 3.8) is 0 Å². The molecule has 0 aliphatic carbocycles. The Morgan fingerprint density at radius 1 is 1.57 bits per heavy atom. The molecule has 0 radical (unpaired) electrons. The molecule has 0 saturated carbocycles. The van der Waals surface area contributed by atoms with Gasteiger partial charge in [0.25, 0.3) is 0 Å². The number of hydrogen-bond donors (Lipinski definition) is 2. The maximum absolute atomic E-state index is 10.3. The smallest absolute Gasteiger partial charge is 0.325 e. The number of aliphatic carboxylic acids is 1. The Hall–Kier alpha value is -1.07. The van der Waals surface area contributed by atoms with E-state index in [0.717, 1.165) is 12.0 Å². The van der Waals surface area contributed by atoms with E-state index in [1.807, 2.05) is 0 Å². The van der Waals surface area contributed by atoms with Gasteiger partial charge in [-0.25, -0.2) is 0 Å². The largest absolute Gasteiger partial charge is 0.480 e. The van der Waals surface area contributed by atoms with Gasteiger partial charge >= 0.3 is 5.97 Å². The lowest BCUT2D eigenvalue weighted by Crippen LogP contribution is -2.08. The summed E-state index contributed by atoms with van der Waals surface area (Å²) in [7, 11) is 0. The van der Waals surface area contributed by atoms with Crippen LogP contribution >= 0.6 is 12.4 Å². The first-order chi connectivity index (χ1) is 6.22. The topological polar surface area (TPSA) is 75.3 Å². The van der Waals surface area contributed by atoms with E-state index in [0.29, 0.717) is 6.42 Å². The minimum absolute atomic E-state index is 0. The summed E-state index contributed by atoms with van der Waals surface area (Å²) in [5, 5.41) is 20.9. The van der Waals surface area contributed by atoms with Crippen molar-refractivity contribution < 1.29 is 15.0 Å². The highest BCUT2D eigenvalue weighted by atomic mass is 35.5. The number of aliphatic hydroxyl groups excluding tert-OH is 1. The first-order valence-electron chi connectivity index (χ1n) is 4.06. The van der Waals surface area contributed by atoms with Crippen molar-refractivity contribution >= 4 is 18.4 Å². The Balaban J connectivity index is 0.00000169. The third kappa shape index (κ3) is 4.25. The first kappa shape index (κ1) is 12.9. The molecular weight excluding hydrogens is 208 g/mol. The van der Waals surface area contributed by atoms with Gasteiger partial charge in [0, 0.05) is 12.8 Å². The fourth-order valence-electron chi connectivity index (χ4n) is 1.04. The van der Waals surface area contributed by atoms with E-state index in [9.17, 15) is 4.79 Å². The Morgan fingerprint density at radius 3 is 2.86 bits per heavy atom. The average Bonchev–Trinajstić information content (AvgIpc) is 2.48. The van der Waals surface area contributed by atoms with Crippen LogP contribution in [-0.4, -0.2) is 32.6 Å². The van der Waals surface area contributed by atoms with Crippen LogP contribution in [0.5, 0.6) is 0 Å². The molecule has 0 aliphatic heterocycles. The third-order valence-electron chi connectivity index (χ3n) is 1.61. The Bertz CT molecular complexity index is 288. The molecule has 0 saturated heterocycles. The van der Waals surface area contributed by atoms with Gasteiger partial charge in [-0.15, -0.1) is 12.4 Å². The van der Waals surface area contributed by atoms with Crippen LogP contribution < -0.4 is 0 Å². The fraction of sp³-hybridized carbons (Fsp3) is 0.500. The minimum Gasteiger partial charge on any atom is -0.480 e. The predicted molar refractivity (Wildman–Crippen MR) is 52.5 cm³/mol. The zero-order valence-electron chi connectivity index (χ0n) is 7.59. The zero-order valence-corrected chi connectivity index (χ0v) is 8.40. The Kier molecular flexibility index (Phi) is 5.91. The number of halogens is 1. The van der Waals surface area contributed by atoms with E-state index in [2.05, 4.69) is 5.10 Å². The maximum atomic E-state index is 10.3. The summed E-state index contributed by atoms with van der Waals surface area (Å²) in [5.74, 6) is -0.906. The molecule has 0 atom stereocenters. The maximum Gasteiger partial charge on any atom is 0.325 e. The third-order valence-corrected chi connectivity index (χ3v) is 1.61. The number of rotatable bonds is 5. The van der Waals surface area contributed by atoms with Gasteiger partial charge in [-0.1, -0.05) is 0 Å². The second kappa shape index (κ2) is 6.39. The lowest BCUT2D eigenvalue weighted by atomic mass is 10.2. The van der Waals surface area contributed by atoms with E-state index < -0.39 is 5.97 Å². The lowest BCUT2D eigenvalue weighted by Gasteiger charge is -1.94. The second-order valence-corrected chi connectivity index (χ2v) is 2.77. The highest BCUT2D eigenvalue weighted by Gasteiger charge is 2.01. The molecule has 0 unspecified atom stereocenters. The van der Waals surface area contributed by atoms with Crippen LogP contribution in [0.4, 0.5) is 0 Å². The van der Waals surface area contributed by atoms with Gasteiger partial charge in [0.15, 0.2) is 0 Å². The predicted octanol–water partition coefficient (Wildman–Crippen LogP) is 0.314. The van der Waals surface area contributed by atoms with Crippen molar-refractivity contribution in [2.24, 2.45) is 0 Å². The van der Waals surface area contributed by atoms with Crippen molar-refractivity contribution in [3.8, 4) is 0 Å². The molecule has 1 aromatic heterocycles. The van der Waals surface area contributed by atoms with Crippen LogP contribution in [0.15, 0.2) is 12.4 Å². The molecule has 0 spiro atoms. The van der Waals surface area contributed by atoms with Gasteiger partial charge in [0.2, 0.25) is 0 Å².